The van der Waals surface area contributed by atoms with Crippen molar-refractivity contribution in [3.05, 3.63) is 59.7 Å². The molecule has 2 aromatic carbocycles. The third-order valence-corrected chi connectivity index (χ3v) is 3.02. The quantitative estimate of drug-likeness (QED) is 0.786. The number of hydrogen-bond donors (Lipinski definition) is 1. The van der Waals surface area contributed by atoms with Crippen molar-refractivity contribution < 1.29 is 4.74 Å². The molecule has 0 unspecified atom stereocenters. The predicted molar refractivity (Wildman–Crippen MR) is 81.0 cm³/mol. The number of ether oxygens (including phenoxy) is 1. The Labute approximate surface area is 115 Å². The minimum Gasteiger partial charge on any atom is -0.492 e. The van der Waals surface area contributed by atoms with Crippen molar-refractivity contribution in [1.29, 1.82) is 0 Å². The third-order valence-electron chi connectivity index (χ3n) is 3.02. The molecule has 0 fully saturated rings. The molecule has 0 saturated carbocycles. The topological polar surface area (TPSA) is 21.3 Å². The molecule has 0 saturated heterocycles. The molecule has 0 spiro atoms. The van der Waals surface area contributed by atoms with Gasteiger partial charge in [-0.3, -0.25) is 0 Å². The van der Waals surface area contributed by atoms with Gasteiger partial charge >= 0.3 is 0 Å². The lowest BCUT2D eigenvalue weighted by Gasteiger charge is -2.09. The minimum absolute atomic E-state index is 0.668. The fourth-order valence-corrected chi connectivity index (χ4v) is 1.97. The van der Waals surface area contributed by atoms with Gasteiger partial charge < -0.3 is 10.1 Å². The Kier molecular flexibility index (Phi) is 4.85. The van der Waals surface area contributed by atoms with Crippen LogP contribution in [0, 0.1) is 6.92 Å². The van der Waals surface area contributed by atoms with Gasteiger partial charge in [0, 0.05) is 12.2 Å². The fourth-order valence-electron chi connectivity index (χ4n) is 1.97. The van der Waals surface area contributed by atoms with E-state index in [1.807, 2.05) is 12.1 Å². The van der Waals surface area contributed by atoms with Gasteiger partial charge in [-0.1, -0.05) is 31.2 Å². The first-order valence-corrected chi connectivity index (χ1v) is 6.80. The fraction of sp³-hybridized carbons (Fsp3) is 0.294. The Morgan fingerprint density at radius 1 is 1.05 bits per heavy atom. The van der Waals surface area contributed by atoms with Crippen molar-refractivity contribution in [3.63, 3.8) is 0 Å². The van der Waals surface area contributed by atoms with Crippen molar-refractivity contribution in [2.75, 3.05) is 18.5 Å². The lowest BCUT2D eigenvalue weighted by molar-refractivity contribution is 0.332. The van der Waals surface area contributed by atoms with E-state index in [4.69, 9.17) is 4.74 Å². The van der Waals surface area contributed by atoms with Crippen molar-refractivity contribution >= 4 is 5.69 Å². The van der Waals surface area contributed by atoms with Gasteiger partial charge in [-0.05, 0) is 48.7 Å². The lowest BCUT2D eigenvalue weighted by atomic mass is 10.2. The summed E-state index contributed by atoms with van der Waals surface area (Å²) in [6.45, 7) is 5.72. The number of aryl methyl sites for hydroxylation is 2. The van der Waals surface area contributed by atoms with Crippen molar-refractivity contribution in [2.45, 2.75) is 20.3 Å². The van der Waals surface area contributed by atoms with E-state index < -0.39 is 0 Å². The molecule has 100 valence electrons. The molecule has 0 amide bonds. The molecule has 0 heterocycles. The molecule has 2 rings (SSSR count). The maximum atomic E-state index is 5.74. The largest absolute Gasteiger partial charge is 0.492 e. The summed E-state index contributed by atoms with van der Waals surface area (Å²) in [5, 5.41) is 3.36. The summed E-state index contributed by atoms with van der Waals surface area (Å²) in [5.41, 5.74) is 3.72. The molecule has 0 aromatic heterocycles. The van der Waals surface area contributed by atoms with Gasteiger partial charge in [0.15, 0.2) is 0 Å². The minimum atomic E-state index is 0.668. The number of rotatable bonds is 6. The molecule has 2 nitrogen and oxygen atoms in total. The molecule has 0 atom stereocenters. The van der Waals surface area contributed by atoms with Crippen LogP contribution in [0.25, 0.3) is 0 Å². The number of benzene rings is 2. The first-order valence-electron chi connectivity index (χ1n) is 6.80. The predicted octanol–water partition coefficient (Wildman–Crippen LogP) is 4.05. The van der Waals surface area contributed by atoms with Crippen molar-refractivity contribution in [1.82, 2.24) is 0 Å². The van der Waals surface area contributed by atoms with Gasteiger partial charge in [-0.25, -0.2) is 0 Å². The Hall–Kier alpha value is -1.96. The molecular weight excluding hydrogens is 234 g/mol. The second-order valence-electron chi connectivity index (χ2n) is 4.65. The Morgan fingerprint density at radius 2 is 1.89 bits per heavy atom. The summed E-state index contributed by atoms with van der Waals surface area (Å²) < 4.78 is 5.74. The highest BCUT2D eigenvalue weighted by molar-refractivity contribution is 5.45. The van der Waals surface area contributed by atoms with Gasteiger partial charge in [-0.15, -0.1) is 0 Å². The van der Waals surface area contributed by atoms with E-state index in [2.05, 4.69) is 55.6 Å². The summed E-state index contributed by atoms with van der Waals surface area (Å²) in [6, 6.07) is 16.6. The zero-order chi connectivity index (χ0) is 13.5. The molecular formula is C17H21NO. The van der Waals surface area contributed by atoms with Crippen LogP contribution in [0.3, 0.4) is 0 Å². The van der Waals surface area contributed by atoms with E-state index in [0.29, 0.717) is 6.61 Å². The molecule has 1 N–H and O–H groups in total. The van der Waals surface area contributed by atoms with Crippen LogP contribution in [0.15, 0.2) is 48.5 Å². The van der Waals surface area contributed by atoms with E-state index in [0.717, 1.165) is 24.4 Å². The van der Waals surface area contributed by atoms with Crippen LogP contribution in [0.2, 0.25) is 0 Å². The number of nitrogens with one attached hydrogen (secondary N) is 1. The molecule has 0 aliphatic rings. The zero-order valence-electron chi connectivity index (χ0n) is 11.6. The smallest absolute Gasteiger partial charge is 0.119 e. The van der Waals surface area contributed by atoms with Crippen LogP contribution in [0.5, 0.6) is 5.75 Å². The maximum Gasteiger partial charge on any atom is 0.119 e. The molecule has 0 aliphatic carbocycles. The summed E-state index contributed by atoms with van der Waals surface area (Å²) in [7, 11) is 0. The van der Waals surface area contributed by atoms with Crippen molar-refractivity contribution in [3.8, 4) is 5.75 Å². The van der Waals surface area contributed by atoms with Gasteiger partial charge in [0.25, 0.3) is 0 Å². The Morgan fingerprint density at radius 3 is 2.68 bits per heavy atom. The monoisotopic (exact) mass is 255 g/mol. The van der Waals surface area contributed by atoms with E-state index in [-0.39, 0.29) is 0 Å². The highest BCUT2D eigenvalue weighted by atomic mass is 16.5. The lowest BCUT2D eigenvalue weighted by Crippen LogP contribution is -2.11. The van der Waals surface area contributed by atoms with Gasteiger partial charge in [0.2, 0.25) is 0 Å². The van der Waals surface area contributed by atoms with Crippen LogP contribution in [-0.2, 0) is 6.42 Å². The van der Waals surface area contributed by atoms with Crippen LogP contribution in [0.1, 0.15) is 18.1 Å². The average molecular weight is 255 g/mol. The molecule has 0 bridgehead atoms. The summed E-state index contributed by atoms with van der Waals surface area (Å²) in [4.78, 5) is 0. The summed E-state index contributed by atoms with van der Waals surface area (Å²) in [6.07, 6.45) is 1.04. The first kappa shape index (κ1) is 13.5. The normalized spacial score (nSPS) is 10.2. The molecule has 0 radical (unpaired) electrons. The summed E-state index contributed by atoms with van der Waals surface area (Å²) >= 11 is 0. The van der Waals surface area contributed by atoms with Crippen molar-refractivity contribution in [2.24, 2.45) is 0 Å². The maximum absolute atomic E-state index is 5.74. The van der Waals surface area contributed by atoms with E-state index in [9.17, 15) is 0 Å². The third kappa shape index (κ3) is 4.32. The van der Waals surface area contributed by atoms with Crippen LogP contribution in [0.4, 0.5) is 5.69 Å². The molecule has 19 heavy (non-hydrogen) atoms. The SMILES string of the molecule is CCc1cccc(OCCNc2cccc(C)c2)c1. The highest BCUT2D eigenvalue weighted by Gasteiger charge is 1.96. The number of hydrogen-bond acceptors (Lipinski definition) is 2. The zero-order valence-corrected chi connectivity index (χ0v) is 11.6. The van der Waals surface area contributed by atoms with Crippen LogP contribution < -0.4 is 10.1 Å². The van der Waals surface area contributed by atoms with Crippen LogP contribution in [-0.4, -0.2) is 13.2 Å². The Bertz CT molecular complexity index is 522. The molecule has 2 aromatic rings. The second-order valence-corrected chi connectivity index (χ2v) is 4.65. The van der Waals surface area contributed by atoms with Gasteiger partial charge in [-0.2, -0.15) is 0 Å². The van der Waals surface area contributed by atoms with E-state index >= 15 is 0 Å². The molecule has 2 heteroatoms. The summed E-state index contributed by atoms with van der Waals surface area (Å²) in [5.74, 6) is 0.949. The first-order chi connectivity index (χ1) is 9.28. The standard InChI is InChI=1S/C17H21NO/c1-3-15-7-5-9-17(13-15)19-11-10-18-16-8-4-6-14(2)12-16/h4-9,12-13,18H,3,10-11H2,1-2H3. The van der Waals surface area contributed by atoms with Gasteiger partial charge in [0.1, 0.15) is 12.4 Å². The Balaban J connectivity index is 1.77. The van der Waals surface area contributed by atoms with E-state index in [1.54, 1.807) is 0 Å². The second kappa shape index (κ2) is 6.83. The molecule has 0 aliphatic heterocycles. The highest BCUT2D eigenvalue weighted by Crippen LogP contribution is 2.14. The van der Waals surface area contributed by atoms with Crippen LogP contribution >= 0.6 is 0 Å². The van der Waals surface area contributed by atoms with E-state index in [1.165, 1.54) is 11.1 Å². The average Bonchev–Trinajstić information content (AvgIpc) is 2.44. The number of anilines is 1. The van der Waals surface area contributed by atoms with Gasteiger partial charge in [0.05, 0.1) is 0 Å².